The molecule has 0 heterocycles. The third kappa shape index (κ3) is 5.46. The van der Waals surface area contributed by atoms with Crippen molar-refractivity contribution in [2.45, 2.75) is 44.4 Å². The molecule has 1 fully saturated rings. The van der Waals surface area contributed by atoms with Crippen molar-refractivity contribution in [3.63, 3.8) is 0 Å². The summed E-state index contributed by atoms with van der Waals surface area (Å²) in [6.07, 6.45) is 2.75. The van der Waals surface area contributed by atoms with E-state index in [0.717, 1.165) is 18.4 Å². The molecule has 0 aromatic heterocycles. The Labute approximate surface area is 152 Å². The van der Waals surface area contributed by atoms with Crippen molar-refractivity contribution in [1.82, 2.24) is 5.32 Å². The molecule has 1 aliphatic rings. The van der Waals surface area contributed by atoms with Crippen LogP contribution < -0.4 is 15.4 Å². The predicted octanol–water partition coefficient (Wildman–Crippen LogP) is 3.83. The van der Waals surface area contributed by atoms with Crippen LogP contribution in [0.5, 0.6) is 5.75 Å². The lowest BCUT2D eigenvalue weighted by Gasteiger charge is -2.26. The Balaban J connectivity index is 1.51. The van der Waals surface area contributed by atoms with E-state index in [1.807, 2.05) is 0 Å². The minimum absolute atomic E-state index is 0.0887. The first-order valence-electron chi connectivity index (χ1n) is 8.81. The van der Waals surface area contributed by atoms with Crippen LogP contribution in [-0.2, 0) is 6.61 Å². The largest absolute Gasteiger partial charge is 0.489 e. The Bertz CT molecular complexity index is 745. The van der Waals surface area contributed by atoms with Gasteiger partial charge in [-0.3, -0.25) is 0 Å². The first-order valence-corrected chi connectivity index (χ1v) is 8.81. The molecule has 0 unspecified atom stereocenters. The second-order valence-corrected chi connectivity index (χ2v) is 6.55. The highest BCUT2D eigenvalue weighted by molar-refractivity contribution is 5.89. The fourth-order valence-corrected chi connectivity index (χ4v) is 3.03. The van der Waals surface area contributed by atoms with Gasteiger partial charge in [-0.2, -0.15) is 0 Å². The second-order valence-electron chi connectivity index (χ2n) is 6.55. The van der Waals surface area contributed by atoms with Gasteiger partial charge in [0.05, 0.1) is 6.10 Å². The molecule has 2 amide bonds. The predicted molar refractivity (Wildman–Crippen MR) is 97.6 cm³/mol. The Kier molecular flexibility index (Phi) is 6.07. The molecule has 3 rings (SSSR count). The highest BCUT2D eigenvalue weighted by atomic mass is 19.1. The van der Waals surface area contributed by atoms with Gasteiger partial charge in [-0.1, -0.05) is 18.2 Å². The lowest BCUT2D eigenvalue weighted by molar-refractivity contribution is 0.118. The fourth-order valence-electron chi connectivity index (χ4n) is 3.03. The Hall–Kier alpha value is -2.60. The van der Waals surface area contributed by atoms with E-state index in [2.05, 4.69) is 10.6 Å². The molecular weight excluding hydrogens is 335 g/mol. The summed E-state index contributed by atoms with van der Waals surface area (Å²) in [5, 5.41) is 15.2. The van der Waals surface area contributed by atoms with Crippen LogP contribution in [0, 0.1) is 5.82 Å². The number of halogens is 1. The number of nitrogens with one attached hydrogen (secondary N) is 2. The van der Waals surface area contributed by atoms with Gasteiger partial charge in [0.1, 0.15) is 18.2 Å². The lowest BCUT2D eigenvalue weighted by atomic mass is 9.93. The molecule has 1 aliphatic carbocycles. The molecule has 3 N–H and O–H groups in total. The standard InChI is InChI=1S/C20H23FN2O3/c21-15-4-1-3-14(11-15)13-26-19-6-2-5-17(12-19)23-20(25)22-16-7-9-18(24)10-8-16/h1-6,11-12,16,18,24H,7-10,13H2,(H2,22,23,25). The molecule has 0 spiro atoms. The molecule has 6 heteroatoms. The molecule has 26 heavy (non-hydrogen) atoms. The molecule has 0 aliphatic heterocycles. The average molecular weight is 358 g/mol. The SMILES string of the molecule is O=C(Nc1cccc(OCc2cccc(F)c2)c1)NC1CCC(O)CC1. The zero-order valence-corrected chi connectivity index (χ0v) is 14.5. The molecular formula is C20H23FN2O3. The van der Waals surface area contributed by atoms with Gasteiger partial charge >= 0.3 is 6.03 Å². The number of hydrogen-bond donors (Lipinski definition) is 3. The summed E-state index contributed by atoms with van der Waals surface area (Å²) in [5.41, 5.74) is 1.36. The van der Waals surface area contributed by atoms with E-state index in [1.54, 1.807) is 36.4 Å². The first-order chi connectivity index (χ1) is 12.6. The highest BCUT2D eigenvalue weighted by Crippen LogP contribution is 2.20. The number of carbonyl (C=O) groups is 1. The number of aliphatic hydroxyl groups excluding tert-OH is 1. The zero-order valence-electron chi connectivity index (χ0n) is 14.5. The number of urea groups is 1. The molecule has 138 valence electrons. The molecule has 2 aromatic rings. The van der Waals surface area contributed by atoms with Gasteiger partial charge < -0.3 is 20.5 Å². The first kappa shape index (κ1) is 18.2. The Morgan fingerprint density at radius 2 is 1.88 bits per heavy atom. The van der Waals surface area contributed by atoms with E-state index in [9.17, 15) is 14.3 Å². The maximum absolute atomic E-state index is 13.2. The summed E-state index contributed by atoms with van der Waals surface area (Å²) in [6.45, 7) is 0.248. The number of ether oxygens (including phenoxy) is 1. The van der Waals surface area contributed by atoms with Crippen LogP contribution >= 0.6 is 0 Å². The van der Waals surface area contributed by atoms with Gasteiger partial charge in [0.15, 0.2) is 0 Å². The normalized spacial score (nSPS) is 19.6. The van der Waals surface area contributed by atoms with Crippen molar-refractivity contribution >= 4 is 11.7 Å². The molecule has 2 aromatic carbocycles. The van der Waals surface area contributed by atoms with Gasteiger partial charge in [0.25, 0.3) is 0 Å². The van der Waals surface area contributed by atoms with Crippen molar-refractivity contribution in [3.8, 4) is 5.75 Å². The number of aliphatic hydroxyl groups is 1. The smallest absolute Gasteiger partial charge is 0.319 e. The number of benzene rings is 2. The van der Waals surface area contributed by atoms with Crippen molar-refractivity contribution in [2.75, 3.05) is 5.32 Å². The van der Waals surface area contributed by atoms with Crippen molar-refractivity contribution in [3.05, 3.63) is 59.9 Å². The van der Waals surface area contributed by atoms with Gasteiger partial charge in [-0.15, -0.1) is 0 Å². The number of amides is 2. The summed E-state index contributed by atoms with van der Waals surface area (Å²) in [5.74, 6) is 0.293. The molecule has 0 bridgehead atoms. The summed E-state index contributed by atoms with van der Waals surface area (Å²) in [4.78, 5) is 12.1. The summed E-state index contributed by atoms with van der Waals surface area (Å²) in [7, 11) is 0. The van der Waals surface area contributed by atoms with Gasteiger partial charge in [-0.25, -0.2) is 9.18 Å². The summed E-state index contributed by atoms with van der Waals surface area (Å²) in [6, 6.07) is 13.1. The molecule has 1 saturated carbocycles. The number of carbonyl (C=O) groups excluding carboxylic acids is 1. The minimum Gasteiger partial charge on any atom is -0.489 e. The van der Waals surface area contributed by atoms with Crippen LogP contribution in [0.15, 0.2) is 48.5 Å². The maximum atomic E-state index is 13.2. The lowest BCUT2D eigenvalue weighted by Crippen LogP contribution is -2.40. The average Bonchev–Trinajstić information content (AvgIpc) is 2.62. The maximum Gasteiger partial charge on any atom is 0.319 e. The van der Waals surface area contributed by atoms with E-state index < -0.39 is 0 Å². The van der Waals surface area contributed by atoms with Crippen LogP contribution in [0.2, 0.25) is 0 Å². The van der Waals surface area contributed by atoms with E-state index in [0.29, 0.717) is 24.3 Å². The zero-order chi connectivity index (χ0) is 18.4. The third-order valence-corrected chi connectivity index (χ3v) is 4.42. The minimum atomic E-state index is -0.298. The van der Waals surface area contributed by atoms with Crippen molar-refractivity contribution in [2.24, 2.45) is 0 Å². The van der Waals surface area contributed by atoms with Crippen LogP contribution in [0.1, 0.15) is 31.2 Å². The third-order valence-electron chi connectivity index (χ3n) is 4.42. The fraction of sp³-hybridized carbons (Fsp3) is 0.350. The molecule has 0 radical (unpaired) electrons. The Morgan fingerprint density at radius 1 is 1.12 bits per heavy atom. The quantitative estimate of drug-likeness (QED) is 0.761. The molecule has 0 atom stereocenters. The van der Waals surface area contributed by atoms with Gasteiger partial charge in [-0.05, 0) is 55.5 Å². The second kappa shape index (κ2) is 8.67. The summed E-state index contributed by atoms with van der Waals surface area (Å²) < 4.78 is 18.9. The number of hydrogen-bond acceptors (Lipinski definition) is 3. The number of rotatable bonds is 5. The van der Waals surface area contributed by atoms with Crippen LogP contribution in [0.4, 0.5) is 14.9 Å². The van der Waals surface area contributed by atoms with Crippen molar-refractivity contribution in [1.29, 1.82) is 0 Å². The number of anilines is 1. The van der Waals surface area contributed by atoms with Crippen LogP contribution in [-0.4, -0.2) is 23.3 Å². The van der Waals surface area contributed by atoms with E-state index in [4.69, 9.17) is 4.74 Å². The summed E-state index contributed by atoms with van der Waals surface area (Å²) >= 11 is 0. The monoisotopic (exact) mass is 358 g/mol. The van der Waals surface area contributed by atoms with Gasteiger partial charge in [0.2, 0.25) is 0 Å². The molecule has 0 saturated heterocycles. The highest BCUT2D eigenvalue weighted by Gasteiger charge is 2.20. The van der Waals surface area contributed by atoms with E-state index in [-0.39, 0.29) is 30.6 Å². The van der Waals surface area contributed by atoms with E-state index in [1.165, 1.54) is 12.1 Å². The van der Waals surface area contributed by atoms with Crippen molar-refractivity contribution < 1.29 is 19.0 Å². The van der Waals surface area contributed by atoms with Crippen LogP contribution in [0.25, 0.3) is 0 Å². The Morgan fingerprint density at radius 3 is 2.65 bits per heavy atom. The topological polar surface area (TPSA) is 70.6 Å². The van der Waals surface area contributed by atoms with Gasteiger partial charge in [0, 0.05) is 17.8 Å². The van der Waals surface area contributed by atoms with E-state index >= 15 is 0 Å². The van der Waals surface area contributed by atoms with Crippen LogP contribution in [0.3, 0.4) is 0 Å². The molecule has 5 nitrogen and oxygen atoms in total.